The minimum Gasteiger partial charge on any atom is -0.370 e. The summed E-state index contributed by atoms with van der Waals surface area (Å²) in [5.41, 5.74) is 5.02. The van der Waals surface area contributed by atoms with Gasteiger partial charge in [0.15, 0.2) is 11.6 Å². The van der Waals surface area contributed by atoms with Gasteiger partial charge in [0.1, 0.15) is 6.10 Å². The molecule has 0 aliphatic heterocycles. The molecule has 1 rings (SSSR count). The summed E-state index contributed by atoms with van der Waals surface area (Å²) in [4.78, 5) is 11.4. The molecule has 0 fully saturated rings. The van der Waals surface area contributed by atoms with Crippen LogP contribution in [-0.4, -0.2) is 25.7 Å². The first-order valence-corrected chi connectivity index (χ1v) is 4.58. The Morgan fingerprint density at radius 2 is 2.18 bits per heavy atom. The number of hydrogen-bond acceptors (Lipinski definition) is 3. The number of nitrogens with one attached hydrogen (secondary N) is 1. The van der Waals surface area contributed by atoms with Crippen molar-refractivity contribution in [2.45, 2.75) is 6.10 Å². The lowest BCUT2D eigenvalue weighted by molar-refractivity contribution is -0.125. The van der Waals surface area contributed by atoms with E-state index in [2.05, 4.69) is 5.32 Å². The van der Waals surface area contributed by atoms with E-state index in [1.807, 2.05) is 0 Å². The summed E-state index contributed by atoms with van der Waals surface area (Å²) in [5, 5.41) is 2.19. The fourth-order valence-electron chi connectivity index (χ4n) is 1.12. The quantitative estimate of drug-likeness (QED) is 0.863. The highest BCUT2D eigenvalue weighted by molar-refractivity contribution is 5.94. The summed E-state index contributed by atoms with van der Waals surface area (Å²) in [5.74, 6) is -2.75. The first-order chi connectivity index (χ1) is 7.60. The molecular formula is C10H13ClF2N2O2. The molecule has 0 saturated heterocycles. The standard InChI is InChI=1S/C10H12F2N2O2.ClH/c1-16-8(5-13)10(15)14-7-4-2-3-6(11)9(7)12;/h2-4,8H,5,13H2,1H3,(H,14,15);1H. The van der Waals surface area contributed by atoms with Gasteiger partial charge in [-0.1, -0.05) is 6.07 Å². The molecule has 1 amide bonds. The van der Waals surface area contributed by atoms with Gasteiger partial charge in [0.2, 0.25) is 0 Å². The van der Waals surface area contributed by atoms with E-state index in [4.69, 9.17) is 10.5 Å². The van der Waals surface area contributed by atoms with Crippen molar-refractivity contribution in [3.8, 4) is 0 Å². The van der Waals surface area contributed by atoms with Crippen LogP contribution in [0, 0.1) is 11.6 Å². The van der Waals surface area contributed by atoms with Crippen molar-refractivity contribution in [3.05, 3.63) is 29.8 Å². The smallest absolute Gasteiger partial charge is 0.254 e. The van der Waals surface area contributed by atoms with E-state index >= 15 is 0 Å². The van der Waals surface area contributed by atoms with Gasteiger partial charge in [0, 0.05) is 13.7 Å². The van der Waals surface area contributed by atoms with E-state index < -0.39 is 23.6 Å². The second-order valence-electron chi connectivity index (χ2n) is 3.05. The molecule has 0 aromatic heterocycles. The predicted molar refractivity (Wildman–Crippen MR) is 62.1 cm³/mol. The maximum Gasteiger partial charge on any atom is 0.254 e. The molecule has 0 radical (unpaired) electrons. The van der Waals surface area contributed by atoms with Crippen molar-refractivity contribution in [1.82, 2.24) is 0 Å². The van der Waals surface area contributed by atoms with Gasteiger partial charge in [-0.2, -0.15) is 0 Å². The summed E-state index contributed by atoms with van der Waals surface area (Å²) in [7, 11) is 1.30. The Hall–Kier alpha value is -1.24. The number of amides is 1. The van der Waals surface area contributed by atoms with Crippen LogP contribution in [0.4, 0.5) is 14.5 Å². The van der Waals surface area contributed by atoms with Crippen LogP contribution in [0.3, 0.4) is 0 Å². The zero-order valence-corrected chi connectivity index (χ0v) is 9.89. The summed E-state index contributed by atoms with van der Waals surface area (Å²) < 4.78 is 30.7. The molecule has 1 atom stereocenters. The van der Waals surface area contributed by atoms with Crippen molar-refractivity contribution in [3.63, 3.8) is 0 Å². The number of rotatable bonds is 4. The number of carbonyl (C=O) groups excluding carboxylic acids is 1. The highest BCUT2D eigenvalue weighted by Gasteiger charge is 2.18. The molecule has 1 aromatic carbocycles. The molecule has 3 N–H and O–H groups in total. The minimum absolute atomic E-state index is 0. The van der Waals surface area contributed by atoms with Gasteiger partial charge in [-0.25, -0.2) is 8.78 Å². The van der Waals surface area contributed by atoms with E-state index in [1.165, 1.54) is 19.2 Å². The Balaban J connectivity index is 0.00000256. The van der Waals surface area contributed by atoms with Crippen molar-refractivity contribution in [1.29, 1.82) is 0 Å². The molecule has 4 nitrogen and oxygen atoms in total. The number of methoxy groups -OCH3 is 1. The van der Waals surface area contributed by atoms with Crippen LogP contribution in [0.25, 0.3) is 0 Å². The molecule has 0 heterocycles. The van der Waals surface area contributed by atoms with Gasteiger partial charge in [-0.05, 0) is 12.1 Å². The molecule has 0 aliphatic carbocycles. The highest BCUT2D eigenvalue weighted by atomic mass is 35.5. The second-order valence-corrected chi connectivity index (χ2v) is 3.05. The zero-order valence-electron chi connectivity index (χ0n) is 9.07. The predicted octanol–water partition coefficient (Wildman–Crippen LogP) is 1.30. The number of ether oxygens (including phenoxy) is 1. The Morgan fingerprint density at radius 3 is 2.71 bits per heavy atom. The SMILES string of the molecule is COC(CN)C(=O)Nc1cccc(F)c1F.Cl. The summed E-state index contributed by atoms with van der Waals surface area (Å²) >= 11 is 0. The number of hydrogen-bond donors (Lipinski definition) is 2. The van der Waals surface area contributed by atoms with E-state index in [0.717, 1.165) is 6.07 Å². The number of anilines is 1. The third-order valence-corrected chi connectivity index (χ3v) is 2.00. The number of nitrogens with two attached hydrogens (primary N) is 1. The van der Waals surface area contributed by atoms with Crippen molar-refractivity contribution < 1.29 is 18.3 Å². The summed E-state index contributed by atoms with van der Waals surface area (Å²) in [6.45, 7) is -0.0424. The van der Waals surface area contributed by atoms with Crippen LogP contribution >= 0.6 is 12.4 Å². The Morgan fingerprint density at radius 1 is 1.53 bits per heavy atom. The van der Waals surface area contributed by atoms with E-state index in [9.17, 15) is 13.6 Å². The second kappa shape index (κ2) is 7.16. The average molecular weight is 267 g/mol. The summed E-state index contributed by atoms with van der Waals surface area (Å²) in [6.07, 6.45) is -0.886. The van der Waals surface area contributed by atoms with Crippen molar-refractivity contribution >= 4 is 24.0 Å². The molecule has 0 aliphatic rings. The average Bonchev–Trinajstić information content (AvgIpc) is 2.26. The minimum atomic E-state index is -1.11. The van der Waals surface area contributed by atoms with E-state index in [-0.39, 0.29) is 24.6 Å². The number of carbonyl (C=O) groups is 1. The lowest BCUT2D eigenvalue weighted by Gasteiger charge is -2.13. The fourth-order valence-corrected chi connectivity index (χ4v) is 1.12. The summed E-state index contributed by atoms with van der Waals surface area (Å²) in [6, 6.07) is 3.50. The monoisotopic (exact) mass is 266 g/mol. The van der Waals surface area contributed by atoms with Crippen LogP contribution in [0.2, 0.25) is 0 Å². The Labute approximate surface area is 104 Å². The van der Waals surface area contributed by atoms with Gasteiger partial charge >= 0.3 is 0 Å². The van der Waals surface area contributed by atoms with E-state index in [0.29, 0.717) is 0 Å². The van der Waals surface area contributed by atoms with Gasteiger partial charge in [0.25, 0.3) is 5.91 Å². The van der Waals surface area contributed by atoms with Crippen LogP contribution in [0.5, 0.6) is 0 Å². The fraction of sp³-hybridized carbons (Fsp3) is 0.300. The highest BCUT2D eigenvalue weighted by Crippen LogP contribution is 2.16. The molecule has 1 aromatic rings. The van der Waals surface area contributed by atoms with Crippen LogP contribution < -0.4 is 11.1 Å². The first-order valence-electron chi connectivity index (χ1n) is 4.58. The number of halogens is 3. The molecule has 0 saturated carbocycles. The van der Waals surface area contributed by atoms with Crippen LogP contribution in [-0.2, 0) is 9.53 Å². The molecular weight excluding hydrogens is 254 g/mol. The Bertz CT molecular complexity index is 387. The maximum absolute atomic E-state index is 13.2. The van der Waals surface area contributed by atoms with Crippen LogP contribution in [0.15, 0.2) is 18.2 Å². The lowest BCUT2D eigenvalue weighted by atomic mass is 10.2. The van der Waals surface area contributed by atoms with Crippen molar-refractivity contribution in [2.75, 3.05) is 19.0 Å². The van der Waals surface area contributed by atoms with Crippen molar-refractivity contribution in [2.24, 2.45) is 5.73 Å². The third-order valence-electron chi connectivity index (χ3n) is 2.00. The van der Waals surface area contributed by atoms with Gasteiger partial charge in [-0.3, -0.25) is 4.79 Å². The molecule has 96 valence electrons. The largest absolute Gasteiger partial charge is 0.370 e. The van der Waals surface area contributed by atoms with Gasteiger partial charge < -0.3 is 15.8 Å². The van der Waals surface area contributed by atoms with E-state index in [1.54, 1.807) is 0 Å². The topological polar surface area (TPSA) is 64.3 Å². The molecule has 0 bridgehead atoms. The third kappa shape index (κ3) is 3.92. The first kappa shape index (κ1) is 15.8. The van der Waals surface area contributed by atoms with Gasteiger partial charge in [0.05, 0.1) is 5.69 Å². The van der Waals surface area contributed by atoms with Crippen LogP contribution in [0.1, 0.15) is 0 Å². The molecule has 1 unspecified atom stereocenters. The lowest BCUT2D eigenvalue weighted by Crippen LogP contribution is -2.36. The Kier molecular flexibility index (Phi) is 6.64. The van der Waals surface area contributed by atoms with Gasteiger partial charge in [-0.15, -0.1) is 12.4 Å². The molecule has 17 heavy (non-hydrogen) atoms. The molecule has 0 spiro atoms. The molecule has 7 heteroatoms. The zero-order chi connectivity index (χ0) is 12.1. The number of benzene rings is 1. The normalized spacial score (nSPS) is 11.5. The maximum atomic E-state index is 13.2.